The van der Waals surface area contributed by atoms with Crippen molar-refractivity contribution >= 4 is 11.6 Å². The van der Waals surface area contributed by atoms with Crippen molar-refractivity contribution in [3.05, 3.63) is 34.9 Å². The van der Waals surface area contributed by atoms with Crippen LogP contribution in [0.5, 0.6) is 0 Å². The van der Waals surface area contributed by atoms with E-state index in [1.54, 1.807) is 0 Å². The molecule has 1 N–H and O–H groups in total. The number of nitrogens with one attached hydrogen (secondary N) is 1. The van der Waals surface area contributed by atoms with Gasteiger partial charge in [0, 0.05) is 18.2 Å². The Balaban J connectivity index is 2.04. The van der Waals surface area contributed by atoms with Crippen LogP contribution < -0.4 is 5.32 Å². The summed E-state index contributed by atoms with van der Waals surface area (Å²) in [7, 11) is 3.88. The van der Waals surface area contributed by atoms with Gasteiger partial charge in [0.1, 0.15) is 0 Å². The average Bonchev–Trinajstić information content (AvgIpc) is 2.48. The van der Waals surface area contributed by atoms with Crippen molar-refractivity contribution in [2.75, 3.05) is 14.2 Å². The molecule has 0 bridgehead atoms. The largest absolute Gasteiger partial charge is 0.380 e. The topological polar surface area (TPSA) is 21.3 Å². The van der Waals surface area contributed by atoms with Gasteiger partial charge in [-0.15, -0.1) is 0 Å². The van der Waals surface area contributed by atoms with Crippen molar-refractivity contribution < 1.29 is 4.74 Å². The van der Waals surface area contributed by atoms with Gasteiger partial charge in [-0.3, -0.25) is 0 Å². The van der Waals surface area contributed by atoms with Gasteiger partial charge in [0.05, 0.1) is 6.10 Å². The number of hydrogen-bond acceptors (Lipinski definition) is 2. The van der Waals surface area contributed by atoms with Crippen LogP contribution in [0.4, 0.5) is 0 Å². The van der Waals surface area contributed by atoms with Crippen molar-refractivity contribution in [2.45, 2.75) is 50.7 Å². The molecule has 1 fully saturated rings. The second-order valence-electron chi connectivity index (χ2n) is 5.83. The van der Waals surface area contributed by atoms with Gasteiger partial charge in [0.15, 0.2) is 0 Å². The van der Waals surface area contributed by atoms with Crippen LogP contribution in [0.1, 0.15) is 37.7 Å². The van der Waals surface area contributed by atoms with Gasteiger partial charge in [0.2, 0.25) is 0 Å². The minimum absolute atomic E-state index is 0.291. The highest BCUT2D eigenvalue weighted by Crippen LogP contribution is 2.30. The average molecular weight is 296 g/mol. The zero-order valence-corrected chi connectivity index (χ0v) is 13.3. The van der Waals surface area contributed by atoms with Crippen LogP contribution in [-0.2, 0) is 11.2 Å². The maximum absolute atomic E-state index is 6.08. The number of methoxy groups -OCH3 is 1. The van der Waals surface area contributed by atoms with Gasteiger partial charge in [0.25, 0.3) is 0 Å². The lowest BCUT2D eigenvalue weighted by Gasteiger charge is -2.35. The summed E-state index contributed by atoms with van der Waals surface area (Å²) in [6, 6.07) is 8.49. The molecule has 0 amide bonds. The molecule has 0 aromatic heterocycles. The van der Waals surface area contributed by atoms with E-state index < -0.39 is 0 Å². The first-order valence-corrected chi connectivity index (χ1v) is 8.07. The third-order valence-corrected chi connectivity index (χ3v) is 4.73. The fourth-order valence-electron chi connectivity index (χ4n) is 3.45. The highest BCUT2D eigenvalue weighted by molar-refractivity contribution is 6.30. The second kappa shape index (κ2) is 8.02. The molecule has 2 unspecified atom stereocenters. The van der Waals surface area contributed by atoms with Crippen molar-refractivity contribution in [3.8, 4) is 0 Å². The highest BCUT2D eigenvalue weighted by Gasteiger charge is 2.29. The monoisotopic (exact) mass is 295 g/mol. The lowest BCUT2D eigenvalue weighted by molar-refractivity contribution is 0.0102. The maximum Gasteiger partial charge on any atom is 0.0755 e. The third-order valence-electron chi connectivity index (χ3n) is 4.50. The summed E-state index contributed by atoms with van der Waals surface area (Å²) in [4.78, 5) is 0. The van der Waals surface area contributed by atoms with Crippen molar-refractivity contribution in [3.63, 3.8) is 0 Å². The Morgan fingerprint density at radius 2 is 2.05 bits per heavy atom. The number of rotatable bonds is 6. The summed E-state index contributed by atoms with van der Waals surface area (Å²) < 4.78 is 5.85. The van der Waals surface area contributed by atoms with Crippen LogP contribution in [0, 0.1) is 5.92 Å². The van der Waals surface area contributed by atoms with Crippen molar-refractivity contribution in [1.29, 1.82) is 0 Å². The molecule has 2 atom stereocenters. The van der Waals surface area contributed by atoms with Crippen LogP contribution in [0.3, 0.4) is 0 Å². The summed E-state index contributed by atoms with van der Waals surface area (Å²) in [6.45, 7) is 0. The van der Waals surface area contributed by atoms with E-state index in [0.29, 0.717) is 18.1 Å². The van der Waals surface area contributed by atoms with E-state index in [1.165, 1.54) is 37.7 Å². The standard InChI is InChI=1S/C17H26ClNO/c1-19-16(12-13-7-6-10-15(18)11-13)17(20-2)14-8-4-3-5-9-14/h6-7,10-11,14,16-17,19H,3-5,8-9,12H2,1-2H3. The first-order chi connectivity index (χ1) is 9.74. The molecule has 1 aliphatic carbocycles. The molecule has 1 aliphatic rings. The van der Waals surface area contributed by atoms with Gasteiger partial charge < -0.3 is 10.1 Å². The second-order valence-corrected chi connectivity index (χ2v) is 6.26. The first kappa shape index (κ1) is 15.8. The Hall–Kier alpha value is -0.570. The van der Waals surface area contributed by atoms with Gasteiger partial charge >= 0.3 is 0 Å². The summed E-state index contributed by atoms with van der Waals surface area (Å²) in [6.07, 6.45) is 7.92. The molecule has 112 valence electrons. The molecular formula is C17H26ClNO. The van der Waals surface area contributed by atoms with Crippen molar-refractivity contribution in [1.82, 2.24) is 5.32 Å². The minimum Gasteiger partial charge on any atom is -0.380 e. The van der Waals surface area contributed by atoms with Crippen LogP contribution in [0.25, 0.3) is 0 Å². The highest BCUT2D eigenvalue weighted by atomic mass is 35.5. The molecule has 3 heteroatoms. The molecule has 1 saturated carbocycles. The Morgan fingerprint density at radius 1 is 1.30 bits per heavy atom. The molecule has 1 aromatic carbocycles. The number of halogens is 1. The number of likely N-dealkylation sites (N-methyl/N-ethyl adjacent to an activating group) is 1. The number of ether oxygens (including phenoxy) is 1. The van der Waals surface area contributed by atoms with E-state index in [-0.39, 0.29) is 0 Å². The zero-order chi connectivity index (χ0) is 14.4. The molecule has 2 nitrogen and oxygen atoms in total. The Morgan fingerprint density at radius 3 is 2.65 bits per heavy atom. The smallest absolute Gasteiger partial charge is 0.0755 e. The molecule has 0 aliphatic heterocycles. The van der Waals surface area contributed by atoms with Crippen LogP contribution in [0.15, 0.2) is 24.3 Å². The van der Waals surface area contributed by atoms with Gasteiger partial charge in [-0.25, -0.2) is 0 Å². The summed E-state index contributed by atoms with van der Waals surface area (Å²) in [5.41, 5.74) is 1.27. The molecule has 20 heavy (non-hydrogen) atoms. The zero-order valence-electron chi connectivity index (χ0n) is 12.6. The number of hydrogen-bond donors (Lipinski definition) is 1. The molecule has 2 rings (SSSR count). The Kier molecular flexibility index (Phi) is 6.34. The lowest BCUT2D eigenvalue weighted by atomic mass is 9.81. The molecular weight excluding hydrogens is 270 g/mol. The fraction of sp³-hybridized carbons (Fsp3) is 0.647. The molecule has 1 aromatic rings. The van der Waals surface area contributed by atoms with Gasteiger partial charge in [-0.1, -0.05) is 43.0 Å². The van der Waals surface area contributed by atoms with E-state index in [9.17, 15) is 0 Å². The molecule has 0 saturated heterocycles. The summed E-state index contributed by atoms with van der Waals surface area (Å²) in [5, 5.41) is 4.26. The fourth-order valence-corrected chi connectivity index (χ4v) is 3.66. The van der Waals surface area contributed by atoms with Gasteiger partial charge in [-0.05, 0) is 49.9 Å². The quantitative estimate of drug-likeness (QED) is 0.854. The van der Waals surface area contributed by atoms with E-state index in [4.69, 9.17) is 16.3 Å². The molecule has 0 spiro atoms. The Bertz CT molecular complexity index is 404. The molecule has 0 heterocycles. The minimum atomic E-state index is 0.291. The Labute approximate surface area is 127 Å². The summed E-state index contributed by atoms with van der Waals surface area (Å²) in [5.74, 6) is 0.686. The third kappa shape index (κ3) is 4.21. The first-order valence-electron chi connectivity index (χ1n) is 7.69. The lowest BCUT2D eigenvalue weighted by Crippen LogP contribution is -2.45. The number of benzene rings is 1. The SMILES string of the molecule is CNC(Cc1cccc(Cl)c1)C(OC)C1CCCCC1. The normalized spacial score (nSPS) is 19.8. The van der Waals surface area contributed by atoms with E-state index in [0.717, 1.165) is 11.4 Å². The van der Waals surface area contributed by atoms with E-state index >= 15 is 0 Å². The molecule has 0 radical (unpaired) electrons. The predicted molar refractivity (Wildman–Crippen MR) is 85.4 cm³/mol. The van der Waals surface area contributed by atoms with Crippen LogP contribution in [-0.4, -0.2) is 26.3 Å². The van der Waals surface area contributed by atoms with Gasteiger partial charge in [-0.2, -0.15) is 0 Å². The van der Waals surface area contributed by atoms with Crippen LogP contribution >= 0.6 is 11.6 Å². The predicted octanol–water partition coefficient (Wildman–Crippen LogP) is 4.07. The summed E-state index contributed by atoms with van der Waals surface area (Å²) >= 11 is 6.08. The van der Waals surface area contributed by atoms with E-state index in [1.807, 2.05) is 26.3 Å². The van der Waals surface area contributed by atoms with Crippen molar-refractivity contribution in [2.24, 2.45) is 5.92 Å². The maximum atomic E-state index is 6.08. The van der Waals surface area contributed by atoms with Crippen LogP contribution in [0.2, 0.25) is 5.02 Å². The van der Waals surface area contributed by atoms with E-state index in [2.05, 4.69) is 17.4 Å².